The first-order chi connectivity index (χ1) is 18.8. The van der Waals surface area contributed by atoms with Gasteiger partial charge in [0.2, 0.25) is 11.9 Å². The maximum absolute atomic E-state index is 13.6. The van der Waals surface area contributed by atoms with Gasteiger partial charge in [0, 0.05) is 22.6 Å². The van der Waals surface area contributed by atoms with Crippen LogP contribution in [0.1, 0.15) is 16.8 Å². The molecule has 0 aliphatic heterocycles. The number of hydrogen-bond acceptors (Lipinski definition) is 7. The van der Waals surface area contributed by atoms with Crippen molar-refractivity contribution in [1.29, 1.82) is 0 Å². The second-order valence-corrected chi connectivity index (χ2v) is 12.9. The standard InChI is InChI=1S/C27H26ClN5O5S2/c1-18-4-10-24(11-5-18)40(37,38)33(25-16-21(28)7-6-19(25)2)17-26(34)31-22-8-12-23(13-9-22)39(35,36)32-27-29-15-14-20(3)30-27/h4-16H,17H2,1-3H3,(H,31,34)(H,29,30,32). The molecule has 1 amide bonds. The van der Waals surface area contributed by atoms with Crippen LogP contribution in [0.2, 0.25) is 5.02 Å². The number of anilines is 3. The lowest BCUT2D eigenvalue weighted by atomic mass is 10.2. The Morgan fingerprint density at radius 2 is 1.52 bits per heavy atom. The van der Waals surface area contributed by atoms with Crippen molar-refractivity contribution in [2.24, 2.45) is 0 Å². The Hall–Kier alpha value is -4.00. The van der Waals surface area contributed by atoms with Gasteiger partial charge in [-0.1, -0.05) is 35.4 Å². The number of rotatable bonds is 9. The van der Waals surface area contributed by atoms with Crippen molar-refractivity contribution in [3.8, 4) is 0 Å². The van der Waals surface area contributed by atoms with Crippen molar-refractivity contribution in [2.45, 2.75) is 30.6 Å². The maximum atomic E-state index is 13.6. The van der Waals surface area contributed by atoms with Gasteiger partial charge in [-0.3, -0.25) is 9.10 Å². The molecule has 0 aliphatic rings. The van der Waals surface area contributed by atoms with Gasteiger partial charge >= 0.3 is 0 Å². The van der Waals surface area contributed by atoms with E-state index in [1.165, 1.54) is 48.7 Å². The topological polar surface area (TPSA) is 138 Å². The zero-order valence-electron chi connectivity index (χ0n) is 21.8. The Bertz CT molecular complexity index is 1760. The first-order valence-electron chi connectivity index (χ1n) is 11.9. The molecule has 0 saturated heterocycles. The fourth-order valence-electron chi connectivity index (χ4n) is 3.71. The fraction of sp³-hybridized carbons (Fsp3) is 0.148. The van der Waals surface area contributed by atoms with Gasteiger partial charge in [-0.25, -0.2) is 31.5 Å². The molecule has 0 atom stereocenters. The van der Waals surface area contributed by atoms with E-state index in [2.05, 4.69) is 20.0 Å². The second-order valence-electron chi connectivity index (χ2n) is 8.96. The average Bonchev–Trinajstić information content (AvgIpc) is 2.89. The number of carbonyl (C=O) groups excluding carboxylic acids is 1. The highest BCUT2D eigenvalue weighted by Crippen LogP contribution is 2.30. The van der Waals surface area contributed by atoms with Gasteiger partial charge in [0.1, 0.15) is 6.54 Å². The van der Waals surface area contributed by atoms with Gasteiger partial charge in [0.05, 0.1) is 15.5 Å². The predicted octanol–water partition coefficient (Wildman–Crippen LogP) is 4.69. The highest BCUT2D eigenvalue weighted by Gasteiger charge is 2.28. The molecule has 1 aromatic heterocycles. The van der Waals surface area contributed by atoms with E-state index in [4.69, 9.17) is 11.6 Å². The van der Waals surface area contributed by atoms with Gasteiger partial charge < -0.3 is 5.32 Å². The monoisotopic (exact) mass is 599 g/mol. The van der Waals surface area contributed by atoms with Crippen molar-refractivity contribution in [3.63, 3.8) is 0 Å². The Kier molecular flexibility index (Phi) is 8.43. The van der Waals surface area contributed by atoms with Crippen LogP contribution < -0.4 is 14.3 Å². The lowest BCUT2D eigenvalue weighted by Crippen LogP contribution is -2.38. The third-order valence-corrected chi connectivity index (χ3v) is 9.16. The largest absolute Gasteiger partial charge is 0.325 e. The van der Waals surface area contributed by atoms with Crippen LogP contribution in [0.5, 0.6) is 0 Å². The van der Waals surface area contributed by atoms with E-state index in [-0.39, 0.29) is 27.1 Å². The van der Waals surface area contributed by atoms with Gasteiger partial charge in [-0.2, -0.15) is 0 Å². The molecule has 13 heteroatoms. The highest BCUT2D eigenvalue weighted by atomic mass is 35.5. The molecule has 2 N–H and O–H groups in total. The first-order valence-corrected chi connectivity index (χ1v) is 15.2. The van der Waals surface area contributed by atoms with E-state index >= 15 is 0 Å². The van der Waals surface area contributed by atoms with Crippen molar-refractivity contribution < 1.29 is 21.6 Å². The SMILES string of the molecule is Cc1ccc(S(=O)(=O)N(CC(=O)Nc2ccc(S(=O)(=O)Nc3nccc(C)n3)cc2)c2cc(Cl)ccc2C)cc1. The summed E-state index contributed by atoms with van der Waals surface area (Å²) in [6.07, 6.45) is 1.44. The lowest BCUT2D eigenvalue weighted by molar-refractivity contribution is -0.114. The van der Waals surface area contributed by atoms with Crippen molar-refractivity contribution in [3.05, 3.63) is 101 Å². The Balaban J connectivity index is 1.56. The second kappa shape index (κ2) is 11.6. The summed E-state index contributed by atoms with van der Waals surface area (Å²) in [6, 6.07) is 18.1. The molecule has 4 aromatic rings. The fourth-order valence-corrected chi connectivity index (χ4v) is 6.31. The molecule has 10 nitrogen and oxygen atoms in total. The summed E-state index contributed by atoms with van der Waals surface area (Å²) in [5.74, 6) is -0.708. The zero-order valence-corrected chi connectivity index (χ0v) is 24.2. The molecule has 0 spiro atoms. The number of halogens is 1. The molecule has 4 rings (SSSR count). The summed E-state index contributed by atoms with van der Waals surface area (Å²) in [6.45, 7) is 4.71. The van der Waals surface area contributed by atoms with Crippen LogP contribution in [-0.2, 0) is 24.8 Å². The number of sulfonamides is 2. The number of aromatic nitrogens is 2. The molecule has 208 valence electrons. The third-order valence-electron chi connectivity index (χ3n) is 5.80. The number of amides is 1. The van der Waals surface area contributed by atoms with E-state index < -0.39 is 32.5 Å². The summed E-state index contributed by atoms with van der Waals surface area (Å²) in [4.78, 5) is 21.0. The molecule has 0 bridgehead atoms. The van der Waals surface area contributed by atoms with Gasteiger partial charge in [-0.05, 0) is 80.9 Å². The van der Waals surface area contributed by atoms with Crippen LogP contribution in [0.3, 0.4) is 0 Å². The molecule has 0 aliphatic carbocycles. The van der Waals surface area contributed by atoms with Crippen LogP contribution in [0.25, 0.3) is 0 Å². The third kappa shape index (κ3) is 6.76. The molecular weight excluding hydrogens is 574 g/mol. The molecule has 0 fully saturated rings. The normalized spacial score (nSPS) is 11.6. The van der Waals surface area contributed by atoms with Gasteiger partial charge in [-0.15, -0.1) is 0 Å². The van der Waals surface area contributed by atoms with E-state index in [1.54, 1.807) is 44.2 Å². The number of carbonyl (C=O) groups is 1. The maximum Gasteiger partial charge on any atom is 0.264 e. The van der Waals surface area contributed by atoms with Crippen LogP contribution in [0.15, 0.2) is 88.8 Å². The highest BCUT2D eigenvalue weighted by molar-refractivity contribution is 7.93. The average molecular weight is 600 g/mol. The predicted molar refractivity (Wildman–Crippen MR) is 155 cm³/mol. The summed E-state index contributed by atoms with van der Waals surface area (Å²) in [7, 11) is -8.12. The summed E-state index contributed by atoms with van der Waals surface area (Å²) >= 11 is 6.17. The molecular formula is C27H26ClN5O5S2. The quantitative estimate of drug-likeness (QED) is 0.284. The minimum Gasteiger partial charge on any atom is -0.325 e. The Morgan fingerprint density at radius 1 is 0.875 bits per heavy atom. The summed E-state index contributed by atoms with van der Waals surface area (Å²) in [5.41, 5.74) is 2.61. The zero-order chi connectivity index (χ0) is 29.1. The Labute approximate surface area is 238 Å². The van der Waals surface area contributed by atoms with Crippen LogP contribution in [0, 0.1) is 20.8 Å². The summed E-state index contributed by atoms with van der Waals surface area (Å²) in [5, 5.41) is 2.94. The molecule has 40 heavy (non-hydrogen) atoms. The van der Waals surface area contributed by atoms with Crippen molar-refractivity contribution in [1.82, 2.24) is 9.97 Å². The van der Waals surface area contributed by atoms with Crippen LogP contribution in [0.4, 0.5) is 17.3 Å². The number of nitrogens with one attached hydrogen (secondary N) is 2. The first kappa shape index (κ1) is 29.0. The van der Waals surface area contributed by atoms with Gasteiger partial charge in [0.25, 0.3) is 20.0 Å². The molecule has 1 heterocycles. The van der Waals surface area contributed by atoms with E-state index in [1.807, 2.05) is 6.92 Å². The number of benzene rings is 3. The summed E-state index contributed by atoms with van der Waals surface area (Å²) < 4.78 is 56.0. The molecule has 0 radical (unpaired) electrons. The van der Waals surface area contributed by atoms with Crippen molar-refractivity contribution >= 4 is 54.9 Å². The van der Waals surface area contributed by atoms with Crippen molar-refractivity contribution in [2.75, 3.05) is 20.9 Å². The molecule has 0 unspecified atom stereocenters. The minimum atomic E-state index is -4.14. The minimum absolute atomic E-state index is 0.0184. The van der Waals surface area contributed by atoms with Crippen LogP contribution >= 0.6 is 11.6 Å². The van der Waals surface area contributed by atoms with E-state index in [9.17, 15) is 21.6 Å². The number of hydrogen-bond donors (Lipinski definition) is 2. The Morgan fingerprint density at radius 3 is 2.17 bits per heavy atom. The number of nitrogens with zero attached hydrogens (tertiary/aromatic N) is 3. The van der Waals surface area contributed by atoms with E-state index in [0.717, 1.165) is 9.87 Å². The van der Waals surface area contributed by atoms with Crippen LogP contribution in [-0.4, -0.2) is 39.3 Å². The number of aryl methyl sites for hydroxylation is 3. The smallest absolute Gasteiger partial charge is 0.264 e. The van der Waals surface area contributed by atoms with Gasteiger partial charge in [0.15, 0.2) is 0 Å². The molecule has 0 saturated carbocycles. The molecule has 3 aromatic carbocycles. The lowest BCUT2D eigenvalue weighted by Gasteiger charge is -2.26. The van der Waals surface area contributed by atoms with E-state index in [0.29, 0.717) is 16.3 Å².